The van der Waals surface area contributed by atoms with Crippen molar-refractivity contribution in [1.29, 1.82) is 0 Å². The Labute approximate surface area is 109 Å². The second-order valence-electron chi connectivity index (χ2n) is 5.55. The van der Waals surface area contributed by atoms with E-state index in [1.54, 1.807) is 0 Å². The van der Waals surface area contributed by atoms with Crippen LogP contribution in [0.15, 0.2) is 0 Å². The van der Waals surface area contributed by atoms with Crippen LogP contribution in [0.2, 0.25) is 0 Å². The molecule has 2 saturated heterocycles. The topological polar surface area (TPSA) is 44.8 Å². The highest BCUT2D eigenvalue weighted by atomic mass is 16.6. The Hall–Kier alpha value is -0.610. The first-order valence-corrected chi connectivity index (χ1v) is 7.09. The van der Waals surface area contributed by atoms with E-state index in [0.29, 0.717) is 19.3 Å². The van der Waals surface area contributed by atoms with Crippen LogP contribution in [0.4, 0.5) is 0 Å². The van der Waals surface area contributed by atoms with Gasteiger partial charge in [-0.25, -0.2) is 0 Å². The van der Waals surface area contributed by atoms with Crippen LogP contribution in [0, 0.1) is 5.92 Å². The third-order valence-corrected chi connectivity index (χ3v) is 3.81. The second-order valence-corrected chi connectivity index (χ2v) is 5.55. The molecular formula is C14H24O4. The summed E-state index contributed by atoms with van der Waals surface area (Å²) >= 11 is 0. The van der Waals surface area contributed by atoms with Crippen LogP contribution in [0.1, 0.15) is 46.0 Å². The van der Waals surface area contributed by atoms with Gasteiger partial charge in [0.05, 0.1) is 30.8 Å². The molecule has 2 aliphatic rings. The molecule has 104 valence electrons. The number of hydrogen-bond acceptors (Lipinski definition) is 4. The van der Waals surface area contributed by atoms with Crippen LogP contribution in [0.25, 0.3) is 0 Å². The molecule has 0 aliphatic carbocycles. The molecule has 2 fully saturated rings. The summed E-state index contributed by atoms with van der Waals surface area (Å²) in [5, 5.41) is 0. The van der Waals surface area contributed by atoms with Crippen LogP contribution in [-0.2, 0) is 19.0 Å². The Balaban J connectivity index is 1.68. The van der Waals surface area contributed by atoms with E-state index in [4.69, 9.17) is 14.2 Å². The molecule has 0 saturated carbocycles. The summed E-state index contributed by atoms with van der Waals surface area (Å²) in [4.78, 5) is 11.9. The summed E-state index contributed by atoms with van der Waals surface area (Å²) in [7, 11) is 0. The van der Waals surface area contributed by atoms with Gasteiger partial charge in [-0.2, -0.15) is 0 Å². The van der Waals surface area contributed by atoms with Gasteiger partial charge in [0.15, 0.2) is 0 Å². The van der Waals surface area contributed by atoms with Gasteiger partial charge in [-0.3, -0.25) is 4.79 Å². The van der Waals surface area contributed by atoms with Crippen molar-refractivity contribution in [3.8, 4) is 0 Å². The molecule has 4 unspecified atom stereocenters. The first-order valence-electron chi connectivity index (χ1n) is 7.09. The number of carbonyl (C=O) groups excluding carboxylic acids is 1. The van der Waals surface area contributed by atoms with Crippen LogP contribution in [0.5, 0.6) is 0 Å². The van der Waals surface area contributed by atoms with Crippen molar-refractivity contribution in [2.75, 3.05) is 13.2 Å². The lowest BCUT2D eigenvalue weighted by Crippen LogP contribution is -2.34. The van der Waals surface area contributed by atoms with Crippen molar-refractivity contribution in [3.63, 3.8) is 0 Å². The SMILES string of the molecule is CC1CCC(C(=O)OCC2CCCC(C)O2)CO1. The smallest absolute Gasteiger partial charge is 0.311 e. The third-order valence-electron chi connectivity index (χ3n) is 3.81. The second kappa shape index (κ2) is 6.53. The van der Waals surface area contributed by atoms with Gasteiger partial charge in [0, 0.05) is 0 Å². The molecular weight excluding hydrogens is 232 g/mol. The summed E-state index contributed by atoms with van der Waals surface area (Å²) in [5.74, 6) is -0.203. The maximum Gasteiger partial charge on any atom is 0.311 e. The van der Waals surface area contributed by atoms with Gasteiger partial charge in [0.25, 0.3) is 0 Å². The normalized spacial score (nSPS) is 37.2. The molecule has 4 heteroatoms. The highest BCUT2D eigenvalue weighted by molar-refractivity contribution is 5.72. The van der Waals surface area contributed by atoms with Gasteiger partial charge in [-0.1, -0.05) is 0 Å². The van der Waals surface area contributed by atoms with E-state index in [1.807, 2.05) is 6.92 Å². The molecule has 0 spiro atoms. The molecule has 2 heterocycles. The number of carbonyl (C=O) groups is 1. The van der Waals surface area contributed by atoms with E-state index in [0.717, 1.165) is 32.1 Å². The van der Waals surface area contributed by atoms with Crippen molar-refractivity contribution in [3.05, 3.63) is 0 Å². The highest BCUT2D eigenvalue weighted by Gasteiger charge is 2.27. The largest absolute Gasteiger partial charge is 0.463 e. The lowest BCUT2D eigenvalue weighted by Gasteiger charge is -2.29. The Morgan fingerprint density at radius 1 is 1.17 bits per heavy atom. The van der Waals surface area contributed by atoms with E-state index in [9.17, 15) is 4.79 Å². The summed E-state index contributed by atoms with van der Waals surface area (Å²) in [6.07, 6.45) is 5.74. The molecule has 0 amide bonds. The molecule has 0 aromatic carbocycles. The zero-order chi connectivity index (χ0) is 13.0. The standard InChI is InChI=1S/C14H24O4/c1-10-6-7-12(8-16-10)14(15)17-9-13-5-3-4-11(2)18-13/h10-13H,3-9H2,1-2H3. The van der Waals surface area contributed by atoms with Crippen molar-refractivity contribution in [2.24, 2.45) is 5.92 Å². The molecule has 0 aromatic rings. The minimum atomic E-state index is -0.122. The van der Waals surface area contributed by atoms with E-state index in [-0.39, 0.29) is 24.1 Å². The summed E-state index contributed by atoms with van der Waals surface area (Å²) in [5.41, 5.74) is 0. The van der Waals surface area contributed by atoms with Crippen LogP contribution < -0.4 is 0 Å². The number of rotatable bonds is 3. The van der Waals surface area contributed by atoms with Gasteiger partial charge in [0.1, 0.15) is 6.61 Å². The van der Waals surface area contributed by atoms with E-state index >= 15 is 0 Å². The van der Waals surface area contributed by atoms with Gasteiger partial charge in [0.2, 0.25) is 0 Å². The maximum absolute atomic E-state index is 11.9. The van der Waals surface area contributed by atoms with E-state index in [1.165, 1.54) is 0 Å². The average Bonchev–Trinajstić information content (AvgIpc) is 2.37. The van der Waals surface area contributed by atoms with Gasteiger partial charge >= 0.3 is 5.97 Å². The summed E-state index contributed by atoms with van der Waals surface area (Å²) < 4.78 is 16.6. The summed E-state index contributed by atoms with van der Waals surface area (Å²) in [6.45, 7) is 5.01. The zero-order valence-electron chi connectivity index (χ0n) is 11.4. The van der Waals surface area contributed by atoms with Crippen LogP contribution in [-0.4, -0.2) is 37.5 Å². The molecule has 4 atom stereocenters. The quantitative estimate of drug-likeness (QED) is 0.727. The molecule has 18 heavy (non-hydrogen) atoms. The van der Waals surface area contributed by atoms with E-state index < -0.39 is 0 Å². The van der Waals surface area contributed by atoms with Gasteiger partial charge in [-0.15, -0.1) is 0 Å². The highest BCUT2D eigenvalue weighted by Crippen LogP contribution is 2.22. The Bertz CT molecular complexity index is 271. The van der Waals surface area contributed by atoms with Crippen molar-refractivity contribution in [2.45, 2.75) is 64.3 Å². The fourth-order valence-electron chi connectivity index (χ4n) is 2.58. The first kappa shape index (κ1) is 13.8. The minimum Gasteiger partial charge on any atom is -0.463 e. The Morgan fingerprint density at radius 3 is 2.67 bits per heavy atom. The Morgan fingerprint density at radius 2 is 2.00 bits per heavy atom. The molecule has 0 N–H and O–H groups in total. The maximum atomic E-state index is 11.9. The van der Waals surface area contributed by atoms with Crippen LogP contribution >= 0.6 is 0 Å². The fraction of sp³-hybridized carbons (Fsp3) is 0.929. The molecule has 2 rings (SSSR count). The number of hydrogen-bond donors (Lipinski definition) is 0. The molecule has 4 nitrogen and oxygen atoms in total. The number of esters is 1. The predicted octanol–water partition coefficient (Wildman–Crippen LogP) is 2.30. The minimum absolute atomic E-state index is 0.0813. The molecule has 0 aromatic heterocycles. The molecule has 2 aliphatic heterocycles. The fourth-order valence-corrected chi connectivity index (χ4v) is 2.58. The predicted molar refractivity (Wildman–Crippen MR) is 67.3 cm³/mol. The van der Waals surface area contributed by atoms with E-state index in [2.05, 4.69) is 6.92 Å². The van der Waals surface area contributed by atoms with Gasteiger partial charge in [-0.05, 0) is 46.0 Å². The zero-order valence-corrected chi connectivity index (χ0v) is 11.4. The molecule has 0 radical (unpaired) electrons. The average molecular weight is 256 g/mol. The summed E-state index contributed by atoms with van der Waals surface area (Å²) in [6, 6.07) is 0. The van der Waals surface area contributed by atoms with Crippen molar-refractivity contribution in [1.82, 2.24) is 0 Å². The monoisotopic (exact) mass is 256 g/mol. The van der Waals surface area contributed by atoms with Crippen molar-refractivity contribution >= 4 is 5.97 Å². The molecule has 0 bridgehead atoms. The lowest BCUT2D eigenvalue weighted by molar-refractivity contribution is -0.162. The lowest BCUT2D eigenvalue weighted by atomic mass is 9.99. The van der Waals surface area contributed by atoms with Crippen molar-refractivity contribution < 1.29 is 19.0 Å². The first-order chi connectivity index (χ1) is 8.65. The van der Waals surface area contributed by atoms with Gasteiger partial charge < -0.3 is 14.2 Å². The third kappa shape index (κ3) is 3.95. The van der Waals surface area contributed by atoms with Crippen LogP contribution in [0.3, 0.4) is 0 Å². The number of ether oxygens (including phenoxy) is 3. The Kier molecular flexibility index (Phi) is 5.01.